The Bertz CT molecular complexity index is 1280. The maximum Gasteiger partial charge on any atom is 0.261 e. The summed E-state index contributed by atoms with van der Waals surface area (Å²) in [4.78, 5) is 14.6. The summed E-state index contributed by atoms with van der Waals surface area (Å²) in [6.07, 6.45) is 1.32. The van der Waals surface area contributed by atoms with Crippen LogP contribution >= 0.6 is 11.6 Å². The fraction of sp³-hybridized carbons (Fsp3) is 0.174. The van der Waals surface area contributed by atoms with Crippen LogP contribution < -0.4 is 14.4 Å². The maximum absolute atomic E-state index is 13.2. The van der Waals surface area contributed by atoms with Crippen LogP contribution in [0.25, 0.3) is 0 Å². The quantitative estimate of drug-likeness (QED) is 0.571. The molecule has 1 N–H and O–H groups in total. The van der Waals surface area contributed by atoms with Gasteiger partial charge in [-0.15, -0.1) is 0 Å². The molecule has 0 atom stereocenters. The van der Waals surface area contributed by atoms with Gasteiger partial charge in [0.25, 0.3) is 15.9 Å². The summed E-state index contributed by atoms with van der Waals surface area (Å²) in [5.74, 6) is -0.233. The van der Waals surface area contributed by atoms with Crippen molar-refractivity contribution < 1.29 is 22.3 Å². The number of ether oxygens (including phenoxy) is 1. The summed E-state index contributed by atoms with van der Waals surface area (Å²) < 4.78 is 46.6. The van der Waals surface area contributed by atoms with Gasteiger partial charge in [0.1, 0.15) is 11.6 Å². The number of nitrogens with zero attached hydrogens (tertiary/aromatic N) is 1. The Morgan fingerprint density at radius 1 is 1.09 bits per heavy atom. The lowest BCUT2D eigenvalue weighted by Crippen LogP contribution is -2.35. The van der Waals surface area contributed by atoms with Gasteiger partial charge in [-0.1, -0.05) is 11.6 Å². The predicted molar refractivity (Wildman–Crippen MR) is 122 cm³/mol. The zero-order chi connectivity index (χ0) is 22.9. The number of anilines is 2. The van der Waals surface area contributed by atoms with E-state index in [4.69, 9.17) is 16.3 Å². The summed E-state index contributed by atoms with van der Waals surface area (Å²) in [5, 5.41) is 0.285. The smallest absolute Gasteiger partial charge is 0.261 e. The van der Waals surface area contributed by atoms with Gasteiger partial charge < -0.3 is 9.64 Å². The average Bonchev–Trinajstić information content (AvgIpc) is 2.78. The number of aryl methyl sites for hydroxylation is 1. The molecule has 0 fully saturated rings. The van der Waals surface area contributed by atoms with Crippen LogP contribution in [0.2, 0.25) is 5.02 Å². The SMILES string of the molecule is COc1ccc(NS(=O)(=O)c2ccc3c(c2)CCCN3C(=O)c2ccc(F)cc2)cc1Cl. The number of sulfonamides is 1. The highest BCUT2D eigenvalue weighted by Crippen LogP contribution is 2.32. The van der Waals surface area contributed by atoms with E-state index in [2.05, 4.69) is 4.72 Å². The number of fused-ring (bicyclic) bond motifs is 1. The number of benzene rings is 3. The van der Waals surface area contributed by atoms with Crippen molar-refractivity contribution in [3.05, 3.63) is 82.6 Å². The van der Waals surface area contributed by atoms with Gasteiger partial charge in [0.2, 0.25) is 0 Å². The van der Waals surface area contributed by atoms with Crippen molar-refractivity contribution in [3.63, 3.8) is 0 Å². The molecule has 0 bridgehead atoms. The van der Waals surface area contributed by atoms with Crippen LogP contribution in [0.1, 0.15) is 22.3 Å². The van der Waals surface area contributed by atoms with Gasteiger partial charge in [-0.2, -0.15) is 0 Å². The van der Waals surface area contributed by atoms with Crippen LogP contribution in [0.3, 0.4) is 0 Å². The standard InChI is InChI=1S/C23H20ClFN2O4S/c1-31-22-11-8-18(14-20(22)24)26-32(29,30)19-9-10-21-16(13-19)3-2-12-27(21)23(28)15-4-6-17(25)7-5-15/h4-11,13-14,26H,2-3,12H2,1H3. The highest BCUT2D eigenvalue weighted by atomic mass is 35.5. The third-order valence-corrected chi connectivity index (χ3v) is 6.89. The molecule has 9 heteroatoms. The maximum atomic E-state index is 13.2. The molecule has 4 rings (SSSR count). The second-order valence-corrected chi connectivity index (χ2v) is 9.40. The Balaban J connectivity index is 1.61. The third kappa shape index (κ3) is 4.42. The highest BCUT2D eigenvalue weighted by molar-refractivity contribution is 7.92. The van der Waals surface area contributed by atoms with E-state index in [-0.39, 0.29) is 15.8 Å². The first kappa shape index (κ1) is 22.1. The molecule has 0 saturated heterocycles. The lowest BCUT2D eigenvalue weighted by Gasteiger charge is -2.30. The van der Waals surface area contributed by atoms with E-state index in [9.17, 15) is 17.6 Å². The molecular formula is C23H20ClFN2O4S. The van der Waals surface area contributed by atoms with Crippen LogP contribution in [0, 0.1) is 5.82 Å². The van der Waals surface area contributed by atoms with E-state index in [0.717, 1.165) is 5.56 Å². The molecule has 0 unspecified atom stereocenters. The molecule has 0 spiro atoms. The summed E-state index contributed by atoms with van der Waals surface area (Å²) in [7, 11) is -2.40. The van der Waals surface area contributed by atoms with Crippen molar-refractivity contribution >= 4 is 38.9 Å². The summed E-state index contributed by atoms with van der Waals surface area (Å²) >= 11 is 6.09. The molecule has 3 aromatic rings. The van der Waals surface area contributed by atoms with Crippen LogP contribution in [0.15, 0.2) is 65.6 Å². The van der Waals surface area contributed by atoms with Crippen LogP contribution in [-0.4, -0.2) is 28.0 Å². The average molecular weight is 475 g/mol. The Morgan fingerprint density at radius 3 is 2.53 bits per heavy atom. The molecule has 1 heterocycles. The molecule has 3 aromatic carbocycles. The van der Waals surface area contributed by atoms with E-state index in [1.165, 1.54) is 43.5 Å². The fourth-order valence-electron chi connectivity index (χ4n) is 3.64. The first-order valence-electron chi connectivity index (χ1n) is 9.85. The van der Waals surface area contributed by atoms with Gasteiger partial charge in [-0.25, -0.2) is 12.8 Å². The van der Waals surface area contributed by atoms with Crippen molar-refractivity contribution in [3.8, 4) is 5.75 Å². The number of nitrogens with one attached hydrogen (secondary N) is 1. The van der Waals surface area contributed by atoms with E-state index >= 15 is 0 Å². The topological polar surface area (TPSA) is 75.7 Å². The van der Waals surface area contributed by atoms with Crippen molar-refractivity contribution in [2.75, 3.05) is 23.3 Å². The second kappa shape index (κ2) is 8.80. The molecule has 0 aromatic heterocycles. The first-order chi connectivity index (χ1) is 15.3. The minimum atomic E-state index is -3.87. The van der Waals surface area contributed by atoms with E-state index in [0.29, 0.717) is 42.1 Å². The zero-order valence-corrected chi connectivity index (χ0v) is 18.7. The Morgan fingerprint density at radius 2 is 1.84 bits per heavy atom. The minimum Gasteiger partial charge on any atom is -0.495 e. The highest BCUT2D eigenvalue weighted by Gasteiger charge is 2.26. The van der Waals surface area contributed by atoms with Crippen molar-refractivity contribution in [2.45, 2.75) is 17.7 Å². The molecule has 0 saturated carbocycles. The molecule has 1 amide bonds. The van der Waals surface area contributed by atoms with Gasteiger partial charge in [-0.05, 0) is 79.1 Å². The number of halogens is 2. The fourth-order valence-corrected chi connectivity index (χ4v) is 5.00. The number of hydrogen-bond donors (Lipinski definition) is 1. The summed E-state index contributed by atoms with van der Waals surface area (Å²) in [6, 6.07) is 14.6. The second-order valence-electron chi connectivity index (χ2n) is 7.31. The van der Waals surface area contributed by atoms with Crippen molar-refractivity contribution in [1.29, 1.82) is 0 Å². The van der Waals surface area contributed by atoms with E-state index < -0.39 is 15.8 Å². The lowest BCUT2D eigenvalue weighted by molar-refractivity contribution is 0.0985. The van der Waals surface area contributed by atoms with Crippen molar-refractivity contribution in [1.82, 2.24) is 0 Å². The number of carbonyl (C=O) groups is 1. The number of carbonyl (C=O) groups excluding carboxylic acids is 1. The predicted octanol–water partition coefficient (Wildman–Crippen LogP) is 4.88. The molecule has 32 heavy (non-hydrogen) atoms. The first-order valence-corrected chi connectivity index (χ1v) is 11.7. The largest absolute Gasteiger partial charge is 0.495 e. The van der Waals surface area contributed by atoms with Gasteiger partial charge in [0, 0.05) is 17.8 Å². The van der Waals surface area contributed by atoms with E-state index in [1.807, 2.05) is 0 Å². The van der Waals surface area contributed by atoms with Gasteiger partial charge in [0.05, 0.1) is 22.7 Å². The monoisotopic (exact) mass is 474 g/mol. The van der Waals surface area contributed by atoms with Crippen LogP contribution in [0.5, 0.6) is 5.75 Å². The van der Waals surface area contributed by atoms with Crippen molar-refractivity contribution in [2.24, 2.45) is 0 Å². The molecular weight excluding hydrogens is 455 g/mol. The molecule has 166 valence electrons. The molecule has 0 aliphatic carbocycles. The third-order valence-electron chi connectivity index (χ3n) is 5.22. The van der Waals surface area contributed by atoms with Crippen LogP contribution in [0.4, 0.5) is 15.8 Å². The summed E-state index contributed by atoms with van der Waals surface area (Å²) in [5.41, 5.74) is 2.08. The number of methoxy groups -OCH3 is 1. The minimum absolute atomic E-state index is 0.0827. The van der Waals surface area contributed by atoms with Gasteiger partial charge >= 0.3 is 0 Å². The number of amides is 1. The Labute approximate surface area is 190 Å². The Hall–Kier alpha value is -3.10. The summed E-state index contributed by atoms with van der Waals surface area (Å²) in [6.45, 7) is 0.498. The molecule has 0 radical (unpaired) electrons. The number of hydrogen-bond acceptors (Lipinski definition) is 4. The molecule has 6 nitrogen and oxygen atoms in total. The van der Waals surface area contributed by atoms with E-state index in [1.54, 1.807) is 29.2 Å². The van der Waals surface area contributed by atoms with Gasteiger partial charge in [-0.3, -0.25) is 9.52 Å². The molecule has 1 aliphatic rings. The van der Waals surface area contributed by atoms with Gasteiger partial charge in [0.15, 0.2) is 0 Å². The number of rotatable bonds is 5. The zero-order valence-electron chi connectivity index (χ0n) is 17.1. The van der Waals surface area contributed by atoms with Crippen LogP contribution in [-0.2, 0) is 16.4 Å². The normalized spacial score (nSPS) is 13.4. The lowest BCUT2D eigenvalue weighted by atomic mass is 10.0. The molecule has 1 aliphatic heterocycles. The Kier molecular flexibility index (Phi) is 6.08.